The highest BCUT2D eigenvalue weighted by Crippen LogP contribution is 2.31. The van der Waals surface area contributed by atoms with E-state index in [2.05, 4.69) is 93.1 Å². The third-order valence-corrected chi connectivity index (χ3v) is 3.17. The molecule has 0 fully saturated rings. The lowest BCUT2D eigenvalue weighted by Crippen LogP contribution is -2.33. The van der Waals surface area contributed by atoms with Crippen LogP contribution in [0.2, 0.25) is 0 Å². The van der Waals surface area contributed by atoms with Crippen LogP contribution in [0.3, 0.4) is 0 Å². The molecule has 0 atom stereocenters. The van der Waals surface area contributed by atoms with Gasteiger partial charge >= 0.3 is 0 Å². The van der Waals surface area contributed by atoms with Crippen molar-refractivity contribution in [2.24, 2.45) is 18.4 Å². The summed E-state index contributed by atoms with van der Waals surface area (Å²) in [4.78, 5) is 0. The molecule has 0 bridgehead atoms. The number of aryl methyl sites for hydroxylation is 1. The Balaban J connectivity index is 2.82. The summed E-state index contributed by atoms with van der Waals surface area (Å²) in [6.07, 6.45) is 7.27. The fraction of sp³-hybridized carbons (Fsp3) is 0.611. The van der Waals surface area contributed by atoms with Crippen molar-refractivity contribution in [3.05, 3.63) is 18.7 Å². The Morgan fingerprint density at radius 1 is 1.15 bits per heavy atom. The Morgan fingerprint density at radius 2 is 1.80 bits per heavy atom. The topological polar surface area (TPSA) is 8.81 Å². The fourth-order valence-electron chi connectivity index (χ4n) is 2.41. The van der Waals surface area contributed by atoms with E-state index in [0.29, 0.717) is 5.92 Å². The summed E-state index contributed by atoms with van der Waals surface area (Å²) in [5.41, 5.74) is -0.0249. The molecule has 20 heavy (non-hydrogen) atoms. The minimum absolute atomic E-state index is 0.0327. The first-order valence-corrected chi connectivity index (χ1v) is 7.19. The molecular formula is C18H27N2+. The number of rotatable bonds is 3. The summed E-state index contributed by atoms with van der Waals surface area (Å²) in [6.45, 7) is 13.0. The van der Waals surface area contributed by atoms with Crippen molar-refractivity contribution < 1.29 is 4.57 Å². The molecule has 0 aliphatic heterocycles. The summed E-state index contributed by atoms with van der Waals surface area (Å²) in [5.74, 6) is 12.7. The van der Waals surface area contributed by atoms with Crippen LogP contribution in [0.15, 0.2) is 18.7 Å². The fourth-order valence-corrected chi connectivity index (χ4v) is 2.41. The molecule has 1 heterocycles. The van der Waals surface area contributed by atoms with E-state index in [-0.39, 0.29) is 11.0 Å². The van der Waals surface area contributed by atoms with Crippen LogP contribution in [0.4, 0.5) is 0 Å². The molecule has 1 rings (SSSR count). The molecule has 0 aromatic carbocycles. The maximum absolute atomic E-state index is 3.30. The first-order valence-electron chi connectivity index (χ1n) is 7.19. The molecule has 0 aliphatic carbocycles. The lowest BCUT2D eigenvalue weighted by molar-refractivity contribution is -0.671. The van der Waals surface area contributed by atoms with Crippen LogP contribution < -0.4 is 4.57 Å². The third kappa shape index (κ3) is 5.14. The highest BCUT2D eigenvalue weighted by Gasteiger charge is 2.32. The van der Waals surface area contributed by atoms with Gasteiger partial charge in [0.1, 0.15) is 17.9 Å². The van der Waals surface area contributed by atoms with E-state index in [1.807, 2.05) is 7.05 Å². The van der Waals surface area contributed by atoms with Crippen molar-refractivity contribution in [3.63, 3.8) is 0 Å². The van der Waals surface area contributed by atoms with E-state index in [1.54, 1.807) is 0 Å². The van der Waals surface area contributed by atoms with Gasteiger partial charge in [-0.2, -0.15) is 0 Å². The van der Waals surface area contributed by atoms with Gasteiger partial charge in [-0.25, -0.2) is 9.13 Å². The molecule has 0 N–H and O–H groups in total. The molecule has 0 saturated heterocycles. The average Bonchev–Trinajstić information content (AvgIpc) is 2.70. The highest BCUT2D eigenvalue weighted by molar-refractivity contribution is 5.29. The number of nitrogens with zero attached hydrogens (tertiary/aromatic N) is 2. The highest BCUT2D eigenvalue weighted by atomic mass is 15.1. The Morgan fingerprint density at radius 3 is 2.30 bits per heavy atom. The van der Waals surface area contributed by atoms with Gasteiger partial charge in [0.05, 0.1) is 7.05 Å². The van der Waals surface area contributed by atoms with Crippen molar-refractivity contribution in [2.45, 2.75) is 53.5 Å². The zero-order valence-corrected chi connectivity index (χ0v) is 13.9. The monoisotopic (exact) mass is 271 g/mol. The van der Waals surface area contributed by atoms with E-state index >= 15 is 0 Å². The molecule has 0 radical (unpaired) electrons. The van der Waals surface area contributed by atoms with Crippen LogP contribution >= 0.6 is 0 Å². The van der Waals surface area contributed by atoms with E-state index in [0.717, 1.165) is 6.42 Å². The largest absolute Gasteiger partial charge is 0.243 e. The van der Waals surface area contributed by atoms with Crippen LogP contribution in [-0.4, -0.2) is 4.57 Å². The lowest BCUT2D eigenvalue weighted by Gasteiger charge is -2.28. The van der Waals surface area contributed by atoms with Gasteiger partial charge in [-0.05, 0) is 39.5 Å². The minimum Gasteiger partial charge on any atom is -0.240 e. The first kappa shape index (κ1) is 16.4. The molecule has 0 saturated carbocycles. The zero-order valence-electron chi connectivity index (χ0n) is 13.9. The lowest BCUT2D eigenvalue weighted by atomic mass is 9.80. The quantitative estimate of drug-likeness (QED) is 0.590. The second kappa shape index (κ2) is 6.19. The number of hydrogen-bond donors (Lipinski definition) is 0. The van der Waals surface area contributed by atoms with Crippen LogP contribution in [-0.2, 0) is 12.6 Å². The zero-order chi connectivity index (χ0) is 15.4. The van der Waals surface area contributed by atoms with Crippen molar-refractivity contribution in [1.29, 1.82) is 0 Å². The Labute approximate surface area is 124 Å². The van der Waals surface area contributed by atoms with Gasteiger partial charge in [0.15, 0.2) is 0 Å². The van der Waals surface area contributed by atoms with Gasteiger partial charge in [-0.3, -0.25) is 0 Å². The van der Waals surface area contributed by atoms with Gasteiger partial charge in [0.2, 0.25) is 6.33 Å². The summed E-state index contributed by atoms with van der Waals surface area (Å²) in [5, 5.41) is 0. The number of aromatic nitrogens is 2. The predicted molar refractivity (Wildman–Crippen MR) is 83.7 cm³/mol. The average molecular weight is 271 g/mol. The van der Waals surface area contributed by atoms with Gasteiger partial charge < -0.3 is 0 Å². The summed E-state index contributed by atoms with van der Waals surface area (Å²) >= 11 is 0. The van der Waals surface area contributed by atoms with Crippen molar-refractivity contribution in [1.82, 2.24) is 4.57 Å². The first-order chi connectivity index (χ1) is 9.12. The molecule has 108 valence electrons. The van der Waals surface area contributed by atoms with Crippen LogP contribution in [0, 0.1) is 35.0 Å². The normalized spacial score (nSPS) is 11.6. The molecule has 2 heteroatoms. The van der Waals surface area contributed by atoms with Crippen LogP contribution in [0.5, 0.6) is 0 Å². The van der Waals surface area contributed by atoms with Gasteiger partial charge in [-0.15, -0.1) is 0 Å². The van der Waals surface area contributed by atoms with Gasteiger partial charge in [-0.1, -0.05) is 25.7 Å². The molecule has 1 aromatic heterocycles. The van der Waals surface area contributed by atoms with Crippen LogP contribution in [0.25, 0.3) is 0 Å². The maximum Gasteiger partial charge on any atom is 0.243 e. The molecule has 0 amide bonds. The predicted octanol–water partition coefficient (Wildman–Crippen LogP) is 3.13. The molecule has 0 spiro atoms. The molecular weight excluding hydrogens is 244 g/mol. The Bertz CT molecular complexity index is 566. The van der Waals surface area contributed by atoms with E-state index in [4.69, 9.17) is 0 Å². The molecule has 1 aromatic rings. The third-order valence-electron chi connectivity index (χ3n) is 3.17. The second-order valence-electron chi connectivity index (χ2n) is 7.03. The summed E-state index contributed by atoms with van der Waals surface area (Å²) in [6, 6.07) is 0. The Kier molecular flexibility index (Phi) is 5.07. The van der Waals surface area contributed by atoms with E-state index in [1.165, 1.54) is 0 Å². The minimum atomic E-state index is -0.0575. The maximum atomic E-state index is 3.30. The number of imidazole rings is 1. The van der Waals surface area contributed by atoms with Gasteiger partial charge in [0.25, 0.3) is 0 Å². The second-order valence-corrected chi connectivity index (χ2v) is 7.03. The van der Waals surface area contributed by atoms with Gasteiger partial charge in [0, 0.05) is 17.8 Å². The standard InChI is InChI=1S/C18H27N2/c1-16(2)10-8-9-11-17(3,4)14-18(5,6)20-13-12-19(7)15-20/h12-13,15-16H,14H2,1-7H3/q+1. The van der Waals surface area contributed by atoms with E-state index < -0.39 is 0 Å². The summed E-state index contributed by atoms with van der Waals surface area (Å²) in [7, 11) is 2.04. The SMILES string of the molecule is CC(C)C#CC#CC(C)(C)CC(C)(C)n1cc[n+](C)c1. The molecule has 2 nitrogen and oxygen atoms in total. The summed E-state index contributed by atoms with van der Waals surface area (Å²) < 4.78 is 4.31. The number of hydrogen-bond acceptors (Lipinski definition) is 0. The van der Waals surface area contributed by atoms with Crippen molar-refractivity contribution in [3.8, 4) is 23.7 Å². The van der Waals surface area contributed by atoms with Crippen molar-refractivity contribution in [2.75, 3.05) is 0 Å². The van der Waals surface area contributed by atoms with Crippen LogP contribution in [0.1, 0.15) is 48.0 Å². The molecule has 0 unspecified atom stereocenters. The Hall–Kier alpha value is -1.67. The van der Waals surface area contributed by atoms with Crippen molar-refractivity contribution >= 4 is 0 Å². The van der Waals surface area contributed by atoms with E-state index in [9.17, 15) is 0 Å². The molecule has 0 aliphatic rings. The smallest absolute Gasteiger partial charge is 0.240 e.